The third-order valence-electron chi connectivity index (χ3n) is 4.11. The first kappa shape index (κ1) is 21.6. The number of rotatable bonds is 7. The van der Waals surface area contributed by atoms with Gasteiger partial charge in [-0.3, -0.25) is 19.5 Å². The van der Waals surface area contributed by atoms with Gasteiger partial charge in [-0.2, -0.15) is 0 Å². The SMILES string of the molecule is COc1cc(/C=C2\SC(=S)N(CC(=O)Nc3cccnc3)C2=O)cc(OC)c1OC. The molecule has 8 nitrogen and oxygen atoms in total. The van der Waals surface area contributed by atoms with Crippen LogP contribution in [0.4, 0.5) is 5.69 Å². The quantitative estimate of drug-likeness (QED) is 0.514. The third kappa shape index (κ3) is 4.71. The first-order chi connectivity index (χ1) is 14.5. The van der Waals surface area contributed by atoms with E-state index in [9.17, 15) is 9.59 Å². The van der Waals surface area contributed by atoms with Crippen molar-refractivity contribution in [3.05, 3.63) is 47.1 Å². The van der Waals surface area contributed by atoms with Crippen molar-refractivity contribution < 1.29 is 23.8 Å². The molecule has 1 fully saturated rings. The molecule has 1 N–H and O–H groups in total. The second kappa shape index (κ2) is 9.59. The molecule has 2 aromatic rings. The largest absolute Gasteiger partial charge is 0.493 e. The summed E-state index contributed by atoms with van der Waals surface area (Å²) in [6.45, 7) is -0.188. The van der Waals surface area contributed by atoms with Gasteiger partial charge in [-0.1, -0.05) is 24.0 Å². The number of carbonyl (C=O) groups is 2. The summed E-state index contributed by atoms with van der Waals surface area (Å²) >= 11 is 6.42. The van der Waals surface area contributed by atoms with E-state index in [2.05, 4.69) is 10.3 Å². The first-order valence-corrected chi connectivity index (χ1v) is 9.94. The molecule has 0 spiro atoms. The highest BCUT2D eigenvalue weighted by atomic mass is 32.2. The predicted octanol–water partition coefficient (Wildman–Crippen LogP) is 2.95. The van der Waals surface area contributed by atoms with Crippen molar-refractivity contribution >= 4 is 51.9 Å². The summed E-state index contributed by atoms with van der Waals surface area (Å²) in [5, 5.41) is 2.69. The van der Waals surface area contributed by atoms with Crippen molar-refractivity contribution in [2.75, 3.05) is 33.2 Å². The Labute approximate surface area is 183 Å². The van der Waals surface area contributed by atoms with Gasteiger partial charge in [0.05, 0.1) is 38.1 Å². The Morgan fingerprint density at radius 3 is 2.50 bits per heavy atom. The van der Waals surface area contributed by atoms with E-state index in [0.717, 1.165) is 11.8 Å². The van der Waals surface area contributed by atoms with Gasteiger partial charge in [0.25, 0.3) is 5.91 Å². The molecule has 2 heterocycles. The smallest absolute Gasteiger partial charge is 0.266 e. The summed E-state index contributed by atoms with van der Waals surface area (Å²) in [7, 11) is 4.55. The average Bonchev–Trinajstić information content (AvgIpc) is 3.00. The van der Waals surface area contributed by atoms with Crippen molar-refractivity contribution in [2.45, 2.75) is 0 Å². The predicted molar refractivity (Wildman–Crippen MR) is 119 cm³/mol. The van der Waals surface area contributed by atoms with Crippen molar-refractivity contribution in [1.82, 2.24) is 9.88 Å². The van der Waals surface area contributed by atoms with Gasteiger partial charge in [0.15, 0.2) is 11.5 Å². The van der Waals surface area contributed by atoms with Crippen LogP contribution in [0, 0.1) is 0 Å². The number of hydrogen-bond donors (Lipinski definition) is 1. The molecule has 2 amide bonds. The van der Waals surface area contributed by atoms with Crippen molar-refractivity contribution in [1.29, 1.82) is 0 Å². The number of carbonyl (C=O) groups excluding carboxylic acids is 2. The number of thioether (sulfide) groups is 1. The molecule has 1 aromatic heterocycles. The minimum absolute atomic E-state index is 0.188. The minimum Gasteiger partial charge on any atom is -0.493 e. The van der Waals surface area contributed by atoms with Crippen LogP contribution < -0.4 is 19.5 Å². The molecule has 30 heavy (non-hydrogen) atoms. The number of ether oxygens (including phenoxy) is 3. The van der Waals surface area contributed by atoms with Gasteiger partial charge in [-0.15, -0.1) is 0 Å². The van der Waals surface area contributed by atoms with Crippen LogP contribution >= 0.6 is 24.0 Å². The Morgan fingerprint density at radius 1 is 1.23 bits per heavy atom. The van der Waals surface area contributed by atoms with Crippen LogP contribution in [0.3, 0.4) is 0 Å². The van der Waals surface area contributed by atoms with Crippen LogP contribution in [-0.4, -0.2) is 53.9 Å². The third-order valence-corrected chi connectivity index (χ3v) is 5.48. The molecule has 0 unspecified atom stereocenters. The topological polar surface area (TPSA) is 90.0 Å². The monoisotopic (exact) mass is 445 g/mol. The lowest BCUT2D eigenvalue weighted by Gasteiger charge is -2.14. The molecule has 0 bridgehead atoms. The maximum absolute atomic E-state index is 12.8. The Kier molecular flexibility index (Phi) is 6.91. The molecule has 0 aliphatic carbocycles. The Balaban J connectivity index is 1.78. The molecule has 1 aliphatic rings. The lowest BCUT2D eigenvalue weighted by molar-refractivity contribution is -0.126. The van der Waals surface area contributed by atoms with Crippen LogP contribution in [0.2, 0.25) is 0 Å². The molecule has 0 saturated carbocycles. The fraction of sp³-hybridized carbons (Fsp3) is 0.200. The van der Waals surface area contributed by atoms with Crippen molar-refractivity contribution in [2.24, 2.45) is 0 Å². The van der Waals surface area contributed by atoms with Gasteiger partial charge in [-0.05, 0) is 35.9 Å². The van der Waals surface area contributed by atoms with Crippen LogP contribution in [0.5, 0.6) is 17.2 Å². The van der Waals surface area contributed by atoms with E-state index >= 15 is 0 Å². The standard InChI is InChI=1S/C20H19N3O5S2/c1-26-14-7-12(8-15(27-2)18(14)28-3)9-16-19(25)23(20(29)30-16)11-17(24)22-13-5-4-6-21-10-13/h4-10H,11H2,1-3H3,(H,22,24)/b16-9-. The molecule has 1 aromatic carbocycles. The number of benzene rings is 1. The van der Waals surface area contributed by atoms with Gasteiger partial charge in [0, 0.05) is 6.20 Å². The summed E-state index contributed by atoms with van der Waals surface area (Å²) in [6, 6.07) is 6.86. The molecule has 0 radical (unpaired) electrons. The molecule has 1 aliphatic heterocycles. The van der Waals surface area contributed by atoms with E-state index in [0.29, 0.717) is 37.7 Å². The Morgan fingerprint density at radius 2 is 1.93 bits per heavy atom. The number of methoxy groups -OCH3 is 3. The van der Waals surface area contributed by atoms with Crippen molar-refractivity contribution in [3.8, 4) is 17.2 Å². The summed E-state index contributed by atoms with van der Waals surface area (Å²) in [6.07, 6.45) is 4.79. The minimum atomic E-state index is -0.367. The van der Waals surface area contributed by atoms with Crippen LogP contribution in [-0.2, 0) is 9.59 Å². The maximum atomic E-state index is 12.8. The highest BCUT2D eigenvalue weighted by molar-refractivity contribution is 8.26. The normalized spacial score (nSPS) is 14.8. The van der Waals surface area contributed by atoms with Gasteiger partial charge < -0.3 is 19.5 Å². The lowest BCUT2D eigenvalue weighted by Crippen LogP contribution is -2.36. The summed E-state index contributed by atoms with van der Waals surface area (Å²) < 4.78 is 16.3. The molecule has 156 valence electrons. The Bertz CT molecular complexity index is 986. The van der Waals surface area contributed by atoms with Crippen LogP contribution in [0.25, 0.3) is 6.08 Å². The Hall–Kier alpha value is -3.11. The molecular formula is C20H19N3O5S2. The zero-order valence-corrected chi connectivity index (χ0v) is 18.1. The van der Waals surface area contributed by atoms with Gasteiger partial charge >= 0.3 is 0 Å². The number of amides is 2. The molecule has 1 saturated heterocycles. The summed E-state index contributed by atoms with van der Waals surface area (Å²) in [4.78, 5) is 30.7. The highest BCUT2D eigenvalue weighted by Gasteiger charge is 2.33. The summed E-state index contributed by atoms with van der Waals surface area (Å²) in [5.74, 6) is 0.675. The number of thiocarbonyl (C=S) groups is 1. The zero-order chi connectivity index (χ0) is 21.7. The molecule has 10 heteroatoms. The van der Waals surface area contributed by atoms with Gasteiger partial charge in [0.2, 0.25) is 11.7 Å². The second-order valence-corrected chi connectivity index (χ2v) is 7.69. The summed E-state index contributed by atoms with van der Waals surface area (Å²) in [5.41, 5.74) is 1.21. The van der Waals surface area contributed by atoms with E-state index in [1.807, 2.05) is 0 Å². The number of pyridine rings is 1. The van der Waals surface area contributed by atoms with E-state index in [1.54, 1.807) is 36.5 Å². The average molecular weight is 446 g/mol. The number of nitrogens with zero attached hydrogens (tertiary/aromatic N) is 2. The number of aromatic nitrogens is 1. The second-order valence-electron chi connectivity index (χ2n) is 6.02. The van der Waals surface area contributed by atoms with E-state index < -0.39 is 0 Å². The van der Waals surface area contributed by atoms with Gasteiger partial charge in [-0.25, -0.2) is 0 Å². The number of hydrogen-bond acceptors (Lipinski definition) is 8. The maximum Gasteiger partial charge on any atom is 0.266 e. The van der Waals surface area contributed by atoms with Crippen molar-refractivity contribution in [3.63, 3.8) is 0 Å². The lowest BCUT2D eigenvalue weighted by atomic mass is 10.1. The van der Waals surface area contributed by atoms with E-state index in [4.69, 9.17) is 26.4 Å². The number of nitrogens with one attached hydrogen (secondary N) is 1. The molecule has 3 rings (SSSR count). The molecular weight excluding hydrogens is 426 g/mol. The van der Waals surface area contributed by atoms with Gasteiger partial charge in [0.1, 0.15) is 10.9 Å². The number of anilines is 1. The zero-order valence-electron chi connectivity index (χ0n) is 16.5. The highest BCUT2D eigenvalue weighted by Crippen LogP contribution is 2.40. The first-order valence-electron chi connectivity index (χ1n) is 8.72. The fourth-order valence-electron chi connectivity index (χ4n) is 2.75. The van der Waals surface area contributed by atoms with Crippen LogP contribution in [0.1, 0.15) is 5.56 Å². The van der Waals surface area contributed by atoms with E-state index in [1.165, 1.54) is 32.4 Å². The van der Waals surface area contributed by atoms with E-state index in [-0.39, 0.29) is 18.4 Å². The fourth-order valence-corrected chi connectivity index (χ4v) is 4.01. The molecule has 0 atom stereocenters. The van der Waals surface area contributed by atoms with Crippen LogP contribution in [0.15, 0.2) is 41.6 Å².